The fourth-order valence-corrected chi connectivity index (χ4v) is 1.55. The van der Waals surface area contributed by atoms with Crippen LogP contribution in [0.1, 0.15) is 32.4 Å². The van der Waals surface area contributed by atoms with E-state index in [9.17, 15) is 9.18 Å². The number of hydrogen-bond acceptors (Lipinski definition) is 2. The highest BCUT2D eigenvalue weighted by molar-refractivity contribution is 5.78. The largest absolute Gasteiger partial charge is 0.342 e. The van der Waals surface area contributed by atoms with Crippen molar-refractivity contribution in [3.05, 3.63) is 35.6 Å². The lowest BCUT2D eigenvalue weighted by Gasteiger charge is -2.23. The first-order chi connectivity index (χ1) is 8.41. The minimum atomic E-state index is -0.258. The van der Waals surface area contributed by atoms with Crippen LogP contribution in [-0.2, 0) is 4.79 Å². The average molecular weight is 252 g/mol. The number of carbonyl (C=O) groups is 1. The molecule has 1 rings (SSSR count). The SMILES string of the molecule is CC(NCC(=O)N(C)C(C)C)c1cccc(F)c1. The van der Waals surface area contributed by atoms with E-state index in [4.69, 9.17) is 0 Å². The summed E-state index contributed by atoms with van der Waals surface area (Å²) in [6.07, 6.45) is 0. The molecule has 0 aliphatic carbocycles. The summed E-state index contributed by atoms with van der Waals surface area (Å²) in [6.45, 7) is 6.10. The Hall–Kier alpha value is -1.42. The Balaban J connectivity index is 2.51. The molecule has 0 aliphatic heterocycles. The first kappa shape index (κ1) is 14.6. The third kappa shape index (κ3) is 4.11. The number of nitrogens with zero attached hydrogens (tertiary/aromatic N) is 1. The Morgan fingerprint density at radius 2 is 2.06 bits per heavy atom. The number of likely N-dealkylation sites (N-methyl/N-ethyl adjacent to an activating group) is 1. The molecule has 4 heteroatoms. The van der Waals surface area contributed by atoms with Crippen molar-refractivity contribution in [1.29, 1.82) is 0 Å². The summed E-state index contributed by atoms with van der Waals surface area (Å²) in [5.74, 6) is -0.222. The van der Waals surface area contributed by atoms with E-state index in [1.807, 2.05) is 26.8 Å². The van der Waals surface area contributed by atoms with E-state index in [2.05, 4.69) is 5.32 Å². The Morgan fingerprint density at radius 1 is 1.39 bits per heavy atom. The molecule has 0 fully saturated rings. The van der Waals surface area contributed by atoms with Crippen LogP contribution < -0.4 is 5.32 Å². The zero-order valence-electron chi connectivity index (χ0n) is 11.4. The molecule has 0 saturated heterocycles. The van der Waals surface area contributed by atoms with Gasteiger partial charge < -0.3 is 10.2 Å². The first-order valence-electron chi connectivity index (χ1n) is 6.16. The molecular formula is C14H21FN2O. The first-order valence-corrected chi connectivity index (χ1v) is 6.16. The predicted octanol–water partition coefficient (Wildman–Crippen LogP) is 2.34. The van der Waals surface area contributed by atoms with Crippen molar-refractivity contribution in [3.63, 3.8) is 0 Å². The van der Waals surface area contributed by atoms with Crippen LogP contribution in [0.4, 0.5) is 4.39 Å². The number of nitrogens with one attached hydrogen (secondary N) is 1. The highest BCUT2D eigenvalue weighted by Crippen LogP contribution is 2.13. The molecule has 1 unspecified atom stereocenters. The molecular weight excluding hydrogens is 231 g/mol. The quantitative estimate of drug-likeness (QED) is 0.872. The molecule has 1 amide bonds. The number of benzene rings is 1. The van der Waals surface area contributed by atoms with Gasteiger partial charge in [0.2, 0.25) is 5.91 Å². The average Bonchev–Trinajstić information content (AvgIpc) is 2.34. The van der Waals surface area contributed by atoms with Gasteiger partial charge in [-0.2, -0.15) is 0 Å². The van der Waals surface area contributed by atoms with E-state index in [0.717, 1.165) is 5.56 Å². The Morgan fingerprint density at radius 3 is 2.61 bits per heavy atom. The van der Waals surface area contributed by atoms with E-state index in [0.29, 0.717) is 0 Å². The van der Waals surface area contributed by atoms with Gasteiger partial charge in [0.05, 0.1) is 6.54 Å². The highest BCUT2D eigenvalue weighted by Gasteiger charge is 2.13. The minimum Gasteiger partial charge on any atom is -0.342 e. The smallest absolute Gasteiger partial charge is 0.236 e. The van der Waals surface area contributed by atoms with Gasteiger partial charge in [0.1, 0.15) is 5.82 Å². The summed E-state index contributed by atoms with van der Waals surface area (Å²) in [6, 6.07) is 6.54. The second-order valence-corrected chi connectivity index (χ2v) is 4.76. The van der Waals surface area contributed by atoms with Crippen LogP contribution >= 0.6 is 0 Å². The van der Waals surface area contributed by atoms with Gasteiger partial charge in [-0.3, -0.25) is 4.79 Å². The van der Waals surface area contributed by atoms with Crippen LogP contribution in [0.25, 0.3) is 0 Å². The Labute approximate surface area is 108 Å². The molecule has 0 spiro atoms. The van der Waals surface area contributed by atoms with E-state index in [1.165, 1.54) is 12.1 Å². The number of carbonyl (C=O) groups excluding carboxylic acids is 1. The lowest BCUT2D eigenvalue weighted by molar-refractivity contribution is -0.130. The molecule has 0 heterocycles. The number of rotatable bonds is 5. The molecule has 1 N–H and O–H groups in total. The topological polar surface area (TPSA) is 32.3 Å². The second kappa shape index (κ2) is 6.50. The summed E-state index contributed by atoms with van der Waals surface area (Å²) < 4.78 is 13.1. The molecule has 18 heavy (non-hydrogen) atoms. The van der Waals surface area contributed by atoms with Crippen molar-refractivity contribution in [2.24, 2.45) is 0 Å². The lowest BCUT2D eigenvalue weighted by atomic mass is 10.1. The predicted molar refractivity (Wildman–Crippen MR) is 70.7 cm³/mol. The summed E-state index contributed by atoms with van der Waals surface area (Å²) in [7, 11) is 1.78. The Kier molecular flexibility index (Phi) is 5.28. The van der Waals surface area contributed by atoms with Gasteiger partial charge in [-0.15, -0.1) is 0 Å². The van der Waals surface area contributed by atoms with Crippen LogP contribution in [0, 0.1) is 5.82 Å². The molecule has 1 aromatic rings. The molecule has 0 aromatic heterocycles. The van der Waals surface area contributed by atoms with Crippen LogP contribution in [0.2, 0.25) is 0 Å². The maximum Gasteiger partial charge on any atom is 0.236 e. The maximum atomic E-state index is 13.1. The van der Waals surface area contributed by atoms with Crippen LogP contribution in [0.15, 0.2) is 24.3 Å². The maximum absolute atomic E-state index is 13.1. The fourth-order valence-electron chi connectivity index (χ4n) is 1.55. The van der Waals surface area contributed by atoms with Crippen molar-refractivity contribution in [2.45, 2.75) is 32.9 Å². The monoisotopic (exact) mass is 252 g/mol. The van der Waals surface area contributed by atoms with Crippen LogP contribution in [0.5, 0.6) is 0 Å². The molecule has 3 nitrogen and oxygen atoms in total. The number of hydrogen-bond donors (Lipinski definition) is 1. The molecule has 0 aliphatic rings. The van der Waals surface area contributed by atoms with Gasteiger partial charge in [0.15, 0.2) is 0 Å². The summed E-state index contributed by atoms with van der Waals surface area (Å²) in [4.78, 5) is 13.5. The zero-order valence-corrected chi connectivity index (χ0v) is 11.4. The van der Waals surface area contributed by atoms with E-state index >= 15 is 0 Å². The molecule has 0 bridgehead atoms. The van der Waals surface area contributed by atoms with Gasteiger partial charge in [0.25, 0.3) is 0 Å². The van der Waals surface area contributed by atoms with Crippen molar-refractivity contribution < 1.29 is 9.18 Å². The van der Waals surface area contributed by atoms with Crippen molar-refractivity contribution >= 4 is 5.91 Å². The fraction of sp³-hybridized carbons (Fsp3) is 0.500. The van der Waals surface area contributed by atoms with Gasteiger partial charge in [0, 0.05) is 19.1 Å². The van der Waals surface area contributed by atoms with Crippen molar-refractivity contribution in [1.82, 2.24) is 10.2 Å². The lowest BCUT2D eigenvalue weighted by Crippen LogP contribution is -2.40. The third-order valence-corrected chi connectivity index (χ3v) is 3.08. The van der Waals surface area contributed by atoms with Crippen LogP contribution in [0.3, 0.4) is 0 Å². The van der Waals surface area contributed by atoms with Gasteiger partial charge >= 0.3 is 0 Å². The zero-order chi connectivity index (χ0) is 13.7. The van der Waals surface area contributed by atoms with E-state index in [-0.39, 0.29) is 30.4 Å². The molecule has 1 aromatic carbocycles. The normalized spacial score (nSPS) is 12.6. The third-order valence-electron chi connectivity index (χ3n) is 3.08. The summed E-state index contributed by atoms with van der Waals surface area (Å²) >= 11 is 0. The molecule has 100 valence electrons. The molecule has 0 saturated carbocycles. The summed E-state index contributed by atoms with van der Waals surface area (Å²) in [5, 5.41) is 3.10. The number of halogens is 1. The van der Waals surface area contributed by atoms with E-state index < -0.39 is 0 Å². The summed E-state index contributed by atoms with van der Waals surface area (Å²) in [5.41, 5.74) is 0.843. The van der Waals surface area contributed by atoms with Crippen molar-refractivity contribution in [3.8, 4) is 0 Å². The Bertz CT molecular complexity index is 407. The van der Waals surface area contributed by atoms with Crippen molar-refractivity contribution in [2.75, 3.05) is 13.6 Å². The minimum absolute atomic E-state index is 0.0354. The van der Waals surface area contributed by atoms with Gasteiger partial charge in [-0.25, -0.2) is 4.39 Å². The number of amides is 1. The molecule has 0 radical (unpaired) electrons. The van der Waals surface area contributed by atoms with Gasteiger partial charge in [-0.1, -0.05) is 12.1 Å². The van der Waals surface area contributed by atoms with Gasteiger partial charge in [-0.05, 0) is 38.5 Å². The standard InChI is InChI=1S/C14H21FN2O/c1-10(2)17(4)14(18)9-16-11(3)12-6-5-7-13(15)8-12/h5-8,10-11,16H,9H2,1-4H3. The van der Waals surface area contributed by atoms with E-state index in [1.54, 1.807) is 18.0 Å². The second-order valence-electron chi connectivity index (χ2n) is 4.76. The van der Waals surface area contributed by atoms with Crippen LogP contribution in [-0.4, -0.2) is 30.4 Å². The molecule has 1 atom stereocenters. The highest BCUT2D eigenvalue weighted by atomic mass is 19.1.